The molecule has 1 aromatic heterocycles. The number of pyridine rings is 1. The lowest BCUT2D eigenvalue weighted by atomic mass is 10.3. The topological polar surface area (TPSA) is 51.2 Å². The summed E-state index contributed by atoms with van der Waals surface area (Å²) in [6.07, 6.45) is 2.25. The van der Waals surface area contributed by atoms with Gasteiger partial charge in [0.05, 0.1) is 19.2 Å². The molecule has 1 heterocycles. The first kappa shape index (κ1) is 13.8. The molecular weight excluding hydrogens is 236 g/mol. The van der Waals surface area contributed by atoms with Gasteiger partial charge < -0.3 is 10.1 Å². The van der Waals surface area contributed by atoms with Crippen LogP contribution in [-0.2, 0) is 15.3 Å². The Morgan fingerprint density at radius 2 is 2.41 bits per heavy atom. The van der Waals surface area contributed by atoms with E-state index >= 15 is 0 Å². The van der Waals surface area contributed by atoms with Gasteiger partial charge in [-0.1, -0.05) is 0 Å². The molecule has 5 heteroatoms. The highest BCUT2D eigenvalue weighted by molar-refractivity contribution is 7.98. The predicted octanol–water partition coefficient (Wildman–Crippen LogP) is 2.31. The van der Waals surface area contributed by atoms with E-state index in [-0.39, 0.29) is 5.97 Å². The average molecular weight is 254 g/mol. The van der Waals surface area contributed by atoms with E-state index < -0.39 is 0 Å². The largest absolute Gasteiger partial charge is 0.469 e. The Morgan fingerprint density at radius 1 is 1.59 bits per heavy atom. The molecule has 1 aromatic rings. The summed E-state index contributed by atoms with van der Waals surface area (Å²) in [5.41, 5.74) is 2.12. The zero-order valence-corrected chi connectivity index (χ0v) is 11.0. The van der Waals surface area contributed by atoms with Crippen molar-refractivity contribution in [2.45, 2.75) is 19.1 Å². The van der Waals surface area contributed by atoms with Crippen molar-refractivity contribution in [2.75, 3.05) is 24.7 Å². The number of rotatable bonds is 7. The molecule has 0 fully saturated rings. The minimum Gasteiger partial charge on any atom is -0.469 e. The second-order valence-electron chi connectivity index (χ2n) is 3.44. The number of carbonyl (C=O) groups excluding carboxylic acids is 1. The van der Waals surface area contributed by atoms with Crippen LogP contribution in [0.25, 0.3) is 0 Å². The third kappa shape index (κ3) is 5.58. The Balaban J connectivity index is 2.31. The molecule has 0 unspecified atom stereocenters. The van der Waals surface area contributed by atoms with Crippen LogP contribution >= 0.6 is 11.8 Å². The Labute approximate surface area is 106 Å². The van der Waals surface area contributed by atoms with Gasteiger partial charge in [-0.05, 0) is 19.1 Å². The lowest BCUT2D eigenvalue weighted by molar-refractivity contribution is -0.140. The molecular formula is C12H18N2O2S. The Hall–Kier alpha value is -1.23. The zero-order chi connectivity index (χ0) is 12.5. The maximum absolute atomic E-state index is 10.9. The van der Waals surface area contributed by atoms with Gasteiger partial charge in [0.1, 0.15) is 0 Å². The van der Waals surface area contributed by atoms with Gasteiger partial charge in [0.25, 0.3) is 0 Å². The fourth-order valence-electron chi connectivity index (χ4n) is 1.31. The smallest absolute Gasteiger partial charge is 0.306 e. The van der Waals surface area contributed by atoms with Crippen molar-refractivity contribution in [1.82, 2.24) is 4.98 Å². The highest BCUT2D eigenvalue weighted by atomic mass is 32.2. The lowest BCUT2D eigenvalue weighted by Gasteiger charge is -2.05. The third-order valence-electron chi connectivity index (χ3n) is 2.13. The van der Waals surface area contributed by atoms with Crippen LogP contribution in [-0.4, -0.2) is 30.4 Å². The van der Waals surface area contributed by atoms with Crippen LogP contribution in [0.1, 0.15) is 19.0 Å². The van der Waals surface area contributed by atoms with Crippen molar-refractivity contribution < 1.29 is 9.53 Å². The van der Waals surface area contributed by atoms with Crippen LogP contribution < -0.4 is 5.32 Å². The van der Waals surface area contributed by atoms with E-state index in [0.717, 1.165) is 29.4 Å². The van der Waals surface area contributed by atoms with Crippen molar-refractivity contribution >= 4 is 23.4 Å². The summed E-state index contributed by atoms with van der Waals surface area (Å²) in [4.78, 5) is 15.2. The van der Waals surface area contributed by atoms with Crippen LogP contribution in [0.15, 0.2) is 18.3 Å². The van der Waals surface area contributed by atoms with E-state index in [1.807, 2.05) is 12.1 Å². The summed E-state index contributed by atoms with van der Waals surface area (Å²) >= 11 is 1.69. The fourth-order valence-corrected chi connectivity index (χ4v) is 2.13. The molecule has 0 bridgehead atoms. The van der Waals surface area contributed by atoms with Gasteiger partial charge in [-0.3, -0.25) is 9.78 Å². The summed E-state index contributed by atoms with van der Waals surface area (Å²) in [6.45, 7) is 2.96. The molecule has 0 atom stereocenters. The maximum atomic E-state index is 10.9. The van der Waals surface area contributed by atoms with E-state index in [9.17, 15) is 4.79 Å². The molecule has 0 aromatic carbocycles. The summed E-state index contributed by atoms with van der Waals surface area (Å²) in [7, 11) is 1.41. The number of ether oxygens (including phenoxy) is 1. The molecule has 1 N–H and O–H groups in total. The molecule has 0 saturated carbocycles. The Morgan fingerprint density at radius 3 is 3.12 bits per heavy atom. The molecule has 0 spiro atoms. The van der Waals surface area contributed by atoms with Crippen LogP contribution in [0.2, 0.25) is 0 Å². The quantitative estimate of drug-likeness (QED) is 0.598. The van der Waals surface area contributed by atoms with Crippen molar-refractivity contribution in [3.05, 3.63) is 24.0 Å². The highest BCUT2D eigenvalue weighted by Crippen LogP contribution is 2.14. The number of thioether (sulfide) groups is 1. The number of nitrogens with zero attached hydrogens (tertiary/aromatic N) is 1. The molecule has 0 aliphatic heterocycles. The first-order valence-corrected chi connectivity index (χ1v) is 6.75. The number of methoxy groups -OCH3 is 1. The number of esters is 1. The molecule has 94 valence electrons. The Bertz CT molecular complexity index is 358. The van der Waals surface area contributed by atoms with Gasteiger partial charge in [-0.25, -0.2) is 0 Å². The first-order valence-electron chi connectivity index (χ1n) is 5.59. The zero-order valence-electron chi connectivity index (χ0n) is 10.2. The number of hydrogen-bond donors (Lipinski definition) is 1. The standard InChI is InChI=1S/C12H18N2O2S/c1-3-13-10-4-6-14-11(8-10)9-17-7-5-12(15)16-2/h4,6,8H,3,5,7,9H2,1-2H3,(H,13,14). The number of carbonyl (C=O) groups is 1. The Kier molecular flexibility index (Phi) is 6.47. The highest BCUT2D eigenvalue weighted by Gasteiger charge is 2.01. The second-order valence-corrected chi connectivity index (χ2v) is 4.55. The number of aromatic nitrogens is 1. The summed E-state index contributed by atoms with van der Waals surface area (Å²) in [6, 6.07) is 3.99. The van der Waals surface area contributed by atoms with Crippen molar-refractivity contribution in [3.63, 3.8) is 0 Å². The van der Waals surface area contributed by atoms with Gasteiger partial charge in [0, 0.05) is 29.9 Å². The normalized spacial score (nSPS) is 10.0. The van der Waals surface area contributed by atoms with Crippen LogP contribution in [0.3, 0.4) is 0 Å². The molecule has 4 nitrogen and oxygen atoms in total. The minimum absolute atomic E-state index is 0.160. The third-order valence-corrected chi connectivity index (χ3v) is 3.12. The molecule has 0 amide bonds. The molecule has 1 rings (SSSR count). The van der Waals surface area contributed by atoms with Crippen LogP contribution in [0, 0.1) is 0 Å². The second kappa shape index (κ2) is 7.95. The SMILES string of the molecule is CCNc1ccnc(CSCCC(=O)OC)c1. The monoisotopic (exact) mass is 254 g/mol. The lowest BCUT2D eigenvalue weighted by Crippen LogP contribution is -2.01. The van der Waals surface area contributed by atoms with Gasteiger partial charge in [-0.2, -0.15) is 11.8 Å². The van der Waals surface area contributed by atoms with Crippen LogP contribution in [0.5, 0.6) is 0 Å². The van der Waals surface area contributed by atoms with E-state index in [1.165, 1.54) is 7.11 Å². The molecule has 17 heavy (non-hydrogen) atoms. The van der Waals surface area contributed by atoms with Crippen molar-refractivity contribution in [3.8, 4) is 0 Å². The van der Waals surface area contributed by atoms with Crippen LogP contribution in [0.4, 0.5) is 5.69 Å². The minimum atomic E-state index is -0.160. The summed E-state index contributed by atoms with van der Waals surface area (Å²) in [5, 5.41) is 3.24. The van der Waals surface area contributed by atoms with E-state index in [1.54, 1.807) is 18.0 Å². The summed E-state index contributed by atoms with van der Waals surface area (Å²) in [5.74, 6) is 1.42. The summed E-state index contributed by atoms with van der Waals surface area (Å²) < 4.78 is 4.58. The molecule has 0 aliphatic carbocycles. The fraction of sp³-hybridized carbons (Fsp3) is 0.500. The van der Waals surface area contributed by atoms with Crippen molar-refractivity contribution in [1.29, 1.82) is 0 Å². The first-order chi connectivity index (χ1) is 8.26. The number of hydrogen-bond acceptors (Lipinski definition) is 5. The van der Waals surface area contributed by atoms with E-state index in [4.69, 9.17) is 0 Å². The average Bonchev–Trinajstić information content (AvgIpc) is 2.35. The molecule has 0 saturated heterocycles. The molecule has 0 radical (unpaired) electrons. The van der Waals surface area contributed by atoms with E-state index in [2.05, 4.69) is 22.0 Å². The number of anilines is 1. The van der Waals surface area contributed by atoms with Gasteiger partial charge in [0.15, 0.2) is 0 Å². The maximum Gasteiger partial charge on any atom is 0.306 e. The van der Waals surface area contributed by atoms with Gasteiger partial charge in [0.2, 0.25) is 0 Å². The van der Waals surface area contributed by atoms with Gasteiger partial charge >= 0.3 is 5.97 Å². The van der Waals surface area contributed by atoms with Gasteiger partial charge in [-0.15, -0.1) is 0 Å². The molecule has 0 aliphatic rings. The van der Waals surface area contributed by atoms with E-state index in [0.29, 0.717) is 6.42 Å². The number of nitrogens with one attached hydrogen (secondary N) is 1. The van der Waals surface area contributed by atoms with Crippen molar-refractivity contribution in [2.24, 2.45) is 0 Å². The predicted molar refractivity (Wildman–Crippen MR) is 71.2 cm³/mol.